The summed E-state index contributed by atoms with van der Waals surface area (Å²) in [4.78, 5) is 11.9. The summed E-state index contributed by atoms with van der Waals surface area (Å²) in [6.07, 6.45) is 1.57. The predicted octanol–water partition coefficient (Wildman–Crippen LogP) is 3.46. The maximum Gasteiger partial charge on any atom is 0.258 e. The summed E-state index contributed by atoms with van der Waals surface area (Å²) in [7, 11) is 1.61. The second kappa shape index (κ2) is 8.39. The molecule has 0 saturated carbocycles. The number of nitrogens with one attached hydrogen (secondary N) is 1. The number of benzene rings is 1. The molecule has 0 radical (unpaired) electrons. The van der Waals surface area contributed by atoms with Gasteiger partial charge in [0.05, 0.1) is 24.5 Å². The predicted molar refractivity (Wildman–Crippen MR) is 96.7 cm³/mol. The quantitative estimate of drug-likeness (QED) is 0.811. The number of hydrogen-bond donors (Lipinski definition) is 1. The second-order valence-electron chi connectivity index (χ2n) is 5.13. The second-order valence-corrected chi connectivity index (χ2v) is 7.85. The van der Waals surface area contributed by atoms with Crippen LogP contribution in [0.1, 0.15) is 15.9 Å². The smallest absolute Gasteiger partial charge is 0.258 e. The molecule has 2 heterocycles. The lowest BCUT2D eigenvalue weighted by molar-refractivity contribution is -0.123. The van der Waals surface area contributed by atoms with Gasteiger partial charge in [-0.1, -0.05) is 6.07 Å². The Hall–Kier alpha value is -1.73. The lowest BCUT2D eigenvalue weighted by atomic mass is 10.2. The lowest BCUT2D eigenvalue weighted by Crippen LogP contribution is -2.28. The molecule has 0 aliphatic carbocycles. The van der Waals surface area contributed by atoms with Gasteiger partial charge in [-0.25, -0.2) is 0 Å². The summed E-state index contributed by atoms with van der Waals surface area (Å²) < 4.78 is 16.6. The maximum atomic E-state index is 11.9. The third-order valence-electron chi connectivity index (χ3n) is 3.48. The Morgan fingerprint density at radius 3 is 2.83 bits per heavy atom. The van der Waals surface area contributed by atoms with Crippen molar-refractivity contribution in [3.63, 3.8) is 0 Å². The minimum Gasteiger partial charge on any atom is -0.493 e. The van der Waals surface area contributed by atoms with Gasteiger partial charge >= 0.3 is 0 Å². The third-order valence-corrected chi connectivity index (χ3v) is 6.58. The van der Waals surface area contributed by atoms with Crippen molar-refractivity contribution in [3.8, 4) is 11.5 Å². The van der Waals surface area contributed by atoms with Crippen LogP contribution in [0.15, 0.2) is 41.0 Å². The molecule has 2 aromatic rings. The number of thioether (sulfide) groups is 2. The van der Waals surface area contributed by atoms with Gasteiger partial charge in [-0.2, -0.15) is 0 Å². The van der Waals surface area contributed by atoms with Crippen molar-refractivity contribution in [3.05, 3.63) is 47.9 Å². The van der Waals surface area contributed by atoms with Crippen molar-refractivity contribution < 1.29 is 18.7 Å². The fraction of sp³-hybridized carbons (Fsp3) is 0.353. The molecule has 1 N–H and O–H groups in total. The summed E-state index contributed by atoms with van der Waals surface area (Å²) in [5.41, 5.74) is 1.22. The Morgan fingerprint density at radius 1 is 1.29 bits per heavy atom. The maximum absolute atomic E-state index is 11.9. The molecule has 7 heteroatoms. The average molecular weight is 365 g/mol. The number of furan rings is 1. The molecule has 24 heavy (non-hydrogen) atoms. The highest BCUT2D eigenvalue weighted by Crippen LogP contribution is 2.46. The molecule has 1 aromatic carbocycles. The normalized spacial score (nSPS) is 14.5. The molecule has 128 valence electrons. The molecule has 0 atom stereocenters. The zero-order valence-electron chi connectivity index (χ0n) is 13.3. The van der Waals surface area contributed by atoms with Crippen LogP contribution in [0.25, 0.3) is 0 Å². The fourth-order valence-electron chi connectivity index (χ4n) is 2.29. The molecule has 3 rings (SSSR count). The number of methoxy groups -OCH3 is 1. The van der Waals surface area contributed by atoms with E-state index in [4.69, 9.17) is 13.9 Å². The Labute approximate surface area is 149 Å². The van der Waals surface area contributed by atoms with Gasteiger partial charge in [0.25, 0.3) is 5.91 Å². The van der Waals surface area contributed by atoms with E-state index in [0.717, 1.165) is 0 Å². The summed E-state index contributed by atoms with van der Waals surface area (Å²) in [5.74, 6) is 4.07. The monoisotopic (exact) mass is 365 g/mol. The number of amides is 1. The highest BCUT2D eigenvalue weighted by atomic mass is 32.2. The topological polar surface area (TPSA) is 60.7 Å². The highest BCUT2D eigenvalue weighted by molar-refractivity contribution is 8.19. The number of carbonyl (C=O) groups excluding carboxylic acids is 1. The third kappa shape index (κ3) is 4.42. The van der Waals surface area contributed by atoms with E-state index in [1.165, 1.54) is 17.1 Å². The molecule has 1 amide bonds. The average Bonchev–Trinajstić information content (AvgIpc) is 3.31. The molecule has 1 fully saturated rings. The van der Waals surface area contributed by atoms with Gasteiger partial charge in [-0.15, -0.1) is 23.5 Å². The van der Waals surface area contributed by atoms with E-state index in [9.17, 15) is 4.79 Å². The van der Waals surface area contributed by atoms with E-state index < -0.39 is 0 Å². The first-order chi connectivity index (χ1) is 11.8. The van der Waals surface area contributed by atoms with E-state index >= 15 is 0 Å². The first-order valence-corrected chi connectivity index (χ1v) is 9.69. The van der Waals surface area contributed by atoms with Crippen molar-refractivity contribution >= 4 is 29.4 Å². The van der Waals surface area contributed by atoms with Crippen molar-refractivity contribution in [1.82, 2.24) is 5.32 Å². The van der Waals surface area contributed by atoms with Crippen molar-refractivity contribution in [2.75, 3.05) is 25.2 Å². The number of hydrogen-bond acceptors (Lipinski definition) is 6. The zero-order chi connectivity index (χ0) is 16.8. The van der Waals surface area contributed by atoms with Gasteiger partial charge < -0.3 is 19.2 Å². The molecular formula is C17H19NO4S2. The molecule has 0 bridgehead atoms. The highest BCUT2D eigenvalue weighted by Gasteiger charge is 2.20. The van der Waals surface area contributed by atoms with Crippen LogP contribution >= 0.6 is 23.5 Å². The van der Waals surface area contributed by atoms with E-state index in [-0.39, 0.29) is 12.5 Å². The molecule has 1 aromatic heterocycles. The van der Waals surface area contributed by atoms with E-state index in [1.54, 1.807) is 19.4 Å². The van der Waals surface area contributed by atoms with Crippen LogP contribution in [0.2, 0.25) is 0 Å². The van der Waals surface area contributed by atoms with Crippen LogP contribution in [-0.2, 0) is 11.3 Å². The SMILES string of the molecule is COc1cc(C2SCCS2)ccc1OCC(=O)NCc1ccco1. The fourth-order valence-corrected chi connectivity index (χ4v) is 5.13. The molecule has 1 aliphatic heterocycles. The Balaban J connectivity index is 1.54. The van der Waals surface area contributed by atoms with Gasteiger partial charge in [0.2, 0.25) is 0 Å². The van der Waals surface area contributed by atoms with Crippen LogP contribution < -0.4 is 14.8 Å². The van der Waals surface area contributed by atoms with Gasteiger partial charge in [0.1, 0.15) is 5.76 Å². The number of carbonyl (C=O) groups is 1. The van der Waals surface area contributed by atoms with Gasteiger partial charge in [0.15, 0.2) is 18.1 Å². The standard InChI is InChI=1S/C17H19NO4S2/c1-20-15-9-12(17-23-7-8-24-17)4-5-14(15)22-11-16(19)18-10-13-3-2-6-21-13/h2-6,9,17H,7-8,10-11H2,1H3,(H,18,19). The van der Waals surface area contributed by atoms with Gasteiger partial charge in [-0.05, 0) is 29.8 Å². The number of ether oxygens (including phenoxy) is 2. The summed E-state index contributed by atoms with van der Waals surface area (Å²) >= 11 is 3.88. The molecule has 5 nitrogen and oxygen atoms in total. The van der Waals surface area contributed by atoms with Crippen molar-refractivity contribution in [2.24, 2.45) is 0 Å². The lowest BCUT2D eigenvalue weighted by Gasteiger charge is -2.14. The van der Waals surface area contributed by atoms with Crippen molar-refractivity contribution in [1.29, 1.82) is 0 Å². The number of rotatable bonds is 7. The summed E-state index contributed by atoms with van der Waals surface area (Å²) in [5, 5.41) is 2.74. The van der Waals surface area contributed by atoms with Crippen LogP contribution in [-0.4, -0.2) is 31.1 Å². The zero-order valence-corrected chi connectivity index (χ0v) is 15.0. The van der Waals surface area contributed by atoms with Crippen LogP contribution in [0.3, 0.4) is 0 Å². The molecule has 1 saturated heterocycles. The van der Waals surface area contributed by atoms with Gasteiger partial charge in [-0.3, -0.25) is 4.79 Å². The Morgan fingerprint density at radius 2 is 2.12 bits per heavy atom. The van der Waals surface area contributed by atoms with Crippen LogP contribution in [0.4, 0.5) is 0 Å². The van der Waals surface area contributed by atoms with Crippen molar-refractivity contribution in [2.45, 2.75) is 11.1 Å². The first kappa shape index (κ1) is 17.1. The van der Waals surface area contributed by atoms with E-state index in [0.29, 0.717) is 28.4 Å². The minimum absolute atomic E-state index is 0.0661. The van der Waals surface area contributed by atoms with Gasteiger partial charge in [0, 0.05) is 11.5 Å². The molecular weight excluding hydrogens is 346 g/mol. The summed E-state index contributed by atoms with van der Waals surface area (Å²) in [6, 6.07) is 9.49. The Bertz CT molecular complexity index is 669. The summed E-state index contributed by atoms with van der Waals surface area (Å²) in [6.45, 7) is 0.282. The molecule has 0 unspecified atom stereocenters. The van der Waals surface area contributed by atoms with Crippen LogP contribution in [0, 0.1) is 0 Å². The minimum atomic E-state index is -0.209. The Kier molecular flexibility index (Phi) is 5.98. The first-order valence-electron chi connectivity index (χ1n) is 7.59. The molecule has 1 aliphatic rings. The van der Waals surface area contributed by atoms with E-state index in [1.807, 2.05) is 47.8 Å². The largest absolute Gasteiger partial charge is 0.493 e. The van der Waals surface area contributed by atoms with E-state index in [2.05, 4.69) is 5.32 Å². The van der Waals surface area contributed by atoms with Crippen LogP contribution in [0.5, 0.6) is 11.5 Å². The molecule has 0 spiro atoms.